The molecular weight excluding hydrogens is 302 g/mol. The summed E-state index contributed by atoms with van der Waals surface area (Å²) < 4.78 is 5.82. The topological polar surface area (TPSA) is 55.3 Å². The molecular formula is C19H23N3O2. The number of likely N-dealkylation sites (tertiary alicyclic amines) is 1. The van der Waals surface area contributed by atoms with Crippen molar-refractivity contribution in [1.29, 1.82) is 0 Å². The number of nitrogens with zero attached hydrogens (tertiary/aromatic N) is 3. The highest BCUT2D eigenvalue weighted by molar-refractivity contribution is 5.76. The fourth-order valence-corrected chi connectivity index (χ4v) is 2.92. The molecule has 0 spiro atoms. The summed E-state index contributed by atoms with van der Waals surface area (Å²) in [6.07, 6.45) is 3.28. The number of hydrogen-bond acceptors (Lipinski definition) is 4. The smallest absolute Gasteiger partial charge is 0.233 e. The summed E-state index contributed by atoms with van der Waals surface area (Å²) in [5.74, 6) is 0.746. The van der Waals surface area contributed by atoms with Gasteiger partial charge in [0.15, 0.2) is 0 Å². The lowest BCUT2D eigenvalue weighted by molar-refractivity contribution is -0.130. The van der Waals surface area contributed by atoms with E-state index in [1.807, 2.05) is 42.2 Å². The Bertz CT molecular complexity index is 658. The van der Waals surface area contributed by atoms with Crippen molar-refractivity contribution in [3.8, 4) is 5.88 Å². The maximum Gasteiger partial charge on any atom is 0.233 e. The van der Waals surface area contributed by atoms with E-state index in [1.54, 1.807) is 0 Å². The molecule has 0 saturated carbocycles. The van der Waals surface area contributed by atoms with E-state index in [9.17, 15) is 4.79 Å². The van der Waals surface area contributed by atoms with Crippen LogP contribution in [-0.2, 0) is 11.2 Å². The zero-order valence-corrected chi connectivity index (χ0v) is 14.0. The van der Waals surface area contributed by atoms with Gasteiger partial charge in [-0.2, -0.15) is 5.10 Å². The summed E-state index contributed by atoms with van der Waals surface area (Å²) in [4.78, 5) is 14.2. The van der Waals surface area contributed by atoms with Crippen molar-refractivity contribution < 1.29 is 9.53 Å². The molecule has 1 saturated heterocycles. The molecule has 1 fully saturated rings. The van der Waals surface area contributed by atoms with Crippen molar-refractivity contribution in [2.24, 2.45) is 0 Å². The molecule has 1 aromatic heterocycles. The van der Waals surface area contributed by atoms with Crippen molar-refractivity contribution >= 4 is 5.91 Å². The standard InChI is InChI=1S/C19H23N3O2/c1-15-10-11-18(21-20-15)24-17-12-13-22(14-17)19(23)9-5-8-16-6-3-2-4-7-16/h2-4,6-7,10-11,17H,5,8-9,12-14H2,1H3. The molecule has 126 valence electrons. The molecule has 1 atom stereocenters. The third-order valence-corrected chi connectivity index (χ3v) is 4.26. The van der Waals surface area contributed by atoms with E-state index < -0.39 is 0 Å². The number of carbonyl (C=O) groups is 1. The van der Waals surface area contributed by atoms with Gasteiger partial charge in [-0.05, 0) is 31.4 Å². The minimum Gasteiger partial charge on any atom is -0.471 e. The van der Waals surface area contributed by atoms with E-state index in [-0.39, 0.29) is 12.0 Å². The highest BCUT2D eigenvalue weighted by Gasteiger charge is 2.27. The highest BCUT2D eigenvalue weighted by atomic mass is 16.5. The molecule has 0 aliphatic carbocycles. The molecule has 0 bridgehead atoms. The van der Waals surface area contributed by atoms with Crippen LogP contribution in [0.15, 0.2) is 42.5 Å². The average Bonchev–Trinajstić information content (AvgIpc) is 3.06. The van der Waals surface area contributed by atoms with Crippen LogP contribution in [0.4, 0.5) is 0 Å². The fourth-order valence-electron chi connectivity index (χ4n) is 2.92. The van der Waals surface area contributed by atoms with Crippen LogP contribution < -0.4 is 4.74 Å². The summed E-state index contributed by atoms with van der Waals surface area (Å²) in [5, 5.41) is 8.01. The van der Waals surface area contributed by atoms with Gasteiger partial charge in [-0.1, -0.05) is 30.3 Å². The molecule has 1 aromatic carbocycles. The van der Waals surface area contributed by atoms with E-state index in [0.717, 1.165) is 31.5 Å². The van der Waals surface area contributed by atoms with Crippen LogP contribution in [0.5, 0.6) is 5.88 Å². The van der Waals surface area contributed by atoms with Crippen LogP contribution in [-0.4, -0.2) is 40.2 Å². The predicted molar refractivity (Wildman–Crippen MR) is 91.8 cm³/mol. The monoisotopic (exact) mass is 325 g/mol. The first-order valence-electron chi connectivity index (χ1n) is 8.49. The van der Waals surface area contributed by atoms with E-state index in [1.165, 1.54) is 5.56 Å². The minimum atomic E-state index is 0.0140. The molecule has 1 unspecified atom stereocenters. The Morgan fingerprint density at radius 2 is 2.04 bits per heavy atom. The van der Waals surface area contributed by atoms with Gasteiger partial charge in [-0.3, -0.25) is 4.79 Å². The summed E-state index contributed by atoms with van der Waals surface area (Å²) in [5.41, 5.74) is 2.15. The molecule has 1 amide bonds. The third-order valence-electron chi connectivity index (χ3n) is 4.26. The van der Waals surface area contributed by atoms with E-state index in [2.05, 4.69) is 22.3 Å². The van der Waals surface area contributed by atoms with Gasteiger partial charge in [0, 0.05) is 25.5 Å². The zero-order valence-electron chi connectivity index (χ0n) is 14.0. The second-order valence-corrected chi connectivity index (χ2v) is 6.22. The summed E-state index contributed by atoms with van der Waals surface area (Å²) >= 11 is 0. The molecule has 1 aliphatic rings. The maximum atomic E-state index is 12.3. The number of amides is 1. The van der Waals surface area contributed by atoms with Gasteiger partial charge >= 0.3 is 0 Å². The van der Waals surface area contributed by atoms with E-state index >= 15 is 0 Å². The van der Waals surface area contributed by atoms with Gasteiger partial charge in [-0.25, -0.2) is 0 Å². The molecule has 3 rings (SSSR count). The molecule has 0 N–H and O–H groups in total. The molecule has 5 heteroatoms. The van der Waals surface area contributed by atoms with Gasteiger partial charge in [0.2, 0.25) is 11.8 Å². The number of benzene rings is 1. The van der Waals surface area contributed by atoms with Crippen LogP contribution in [0.3, 0.4) is 0 Å². The minimum absolute atomic E-state index is 0.0140. The van der Waals surface area contributed by atoms with Crippen LogP contribution in [0.2, 0.25) is 0 Å². The first kappa shape index (κ1) is 16.4. The lowest BCUT2D eigenvalue weighted by Crippen LogP contribution is -2.30. The van der Waals surface area contributed by atoms with E-state index in [0.29, 0.717) is 18.8 Å². The van der Waals surface area contributed by atoms with Crippen molar-refractivity contribution in [2.75, 3.05) is 13.1 Å². The second kappa shape index (κ2) is 7.90. The lowest BCUT2D eigenvalue weighted by atomic mass is 10.1. The number of hydrogen-bond donors (Lipinski definition) is 0. The van der Waals surface area contributed by atoms with Crippen LogP contribution >= 0.6 is 0 Å². The molecule has 5 nitrogen and oxygen atoms in total. The van der Waals surface area contributed by atoms with Gasteiger partial charge in [0.1, 0.15) is 6.10 Å². The Morgan fingerprint density at radius 1 is 1.21 bits per heavy atom. The van der Waals surface area contributed by atoms with Crippen LogP contribution in [0.1, 0.15) is 30.5 Å². The largest absolute Gasteiger partial charge is 0.471 e. The summed E-state index contributed by atoms with van der Waals surface area (Å²) in [6.45, 7) is 3.29. The Labute approximate surface area is 142 Å². The first-order chi connectivity index (χ1) is 11.7. The average molecular weight is 325 g/mol. The Morgan fingerprint density at radius 3 is 2.79 bits per heavy atom. The maximum absolute atomic E-state index is 12.3. The number of ether oxygens (including phenoxy) is 1. The van der Waals surface area contributed by atoms with Crippen molar-refractivity contribution in [2.45, 2.75) is 38.7 Å². The Kier molecular flexibility index (Phi) is 5.41. The normalized spacial score (nSPS) is 17.0. The van der Waals surface area contributed by atoms with Crippen molar-refractivity contribution in [3.05, 3.63) is 53.7 Å². The SMILES string of the molecule is Cc1ccc(OC2CCN(C(=O)CCCc3ccccc3)C2)nn1. The van der Waals surface area contributed by atoms with Gasteiger partial charge in [-0.15, -0.1) is 5.10 Å². The quantitative estimate of drug-likeness (QED) is 0.819. The zero-order chi connectivity index (χ0) is 16.8. The third kappa shape index (κ3) is 4.54. The van der Waals surface area contributed by atoms with Crippen molar-refractivity contribution in [3.63, 3.8) is 0 Å². The predicted octanol–water partition coefficient (Wildman–Crippen LogP) is 2.79. The molecule has 2 heterocycles. The Hall–Kier alpha value is -2.43. The Balaban J connectivity index is 1.41. The van der Waals surface area contributed by atoms with Gasteiger partial charge in [0.05, 0.1) is 12.2 Å². The molecule has 24 heavy (non-hydrogen) atoms. The van der Waals surface area contributed by atoms with Crippen molar-refractivity contribution in [1.82, 2.24) is 15.1 Å². The lowest BCUT2D eigenvalue weighted by Gasteiger charge is -2.17. The number of rotatable bonds is 6. The second-order valence-electron chi connectivity index (χ2n) is 6.22. The molecule has 2 aromatic rings. The fraction of sp³-hybridized carbons (Fsp3) is 0.421. The summed E-state index contributed by atoms with van der Waals surface area (Å²) in [6, 6.07) is 14.0. The molecule has 1 aliphatic heterocycles. The van der Waals surface area contributed by atoms with Gasteiger partial charge < -0.3 is 9.64 Å². The molecule has 0 radical (unpaired) electrons. The summed E-state index contributed by atoms with van der Waals surface area (Å²) in [7, 11) is 0. The first-order valence-corrected chi connectivity index (χ1v) is 8.49. The number of aryl methyl sites for hydroxylation is 2. The number of carbonyl (C=O) groups excluding carboxylic acids is 1. The van der Waals surface area contributed by atoms with Crippen LogP contribution in [0, 0.1) is 6.92 Å². The van der Waals surface area contributed by atoms with Crippen LogP contribution in [0.25, 0.3) is 0 Å². The number of aromatic nitrogens is 2. The van der Waals surface area contributed by atoms with Gasteiger partial charge in [0.25, 0.3) is 0 Å². The highest BCUT2D eigenvalue weighted by Crippen LogP contribution is 2.17. The van der Waals surface area contributed by atoms with E-state index in [4.69, 9.17) is 4.74 Å².